The van der Waals surface area contributed by atoms with Crippen LogP contribution in [0.4, 0.5) is 5.95 Å². The normalized spacial score (nSPS) is 13.0. The number of aromatic nitrogens is 2. The molecule has 7 heteroatoms. The molecule has 0 fully saturated rings. The molecule has 1 heterocycles. The van der Waals surface area contributed by atoms with E-state index in [1.165, 1.54) is 0 Å². The first kappa shape index (κ1) is 15.1. The standard InChI is InChI=1S/C14H16ClN5O/c1-9(10-4-3-5-11(15)8-10)20(2)14-17-7-6-12(18-14)13(16)19-21/h3-9,21H,1-2H3,(H2,16,19). The molecule has 0 aliphatic rings. The largest absolute Gasteiger partial charge is 0.409 e. The van der Waals surface area contributed by atoms with Gasteiger partial charge in [-0.2, -0.15) is 0 Å². The van der Waals surface area contributed by atoms with Gasteiger partial charge in [0, 0.05) is 18.3 Å². The van der Waals surface area contributed by atoms with Crippen molar-refractivity contribution in [3.8, 4) is 0 Å². The highest BCUT2D eigenvalue weighted by atomic mass is 35.5. The fraction of sp³-hybridized carbons (Fsp3) is 0.214. The third kappa shape index (κ3) is 3.41. The number of hydrogen-bond donors (Lipinski definition) is 2. The molecule has 0 spiro atoms. The van der Waals surface area contributed by atoms with Gasteiger partial charge in [-0.05, 0) is 30.7 Å². The Morgan fingerprint density at radius 1 is 1.43 bits per heavy atom. The quantitative estimate of drug-likeness (QED) is 0.392. The Balaban J connectivity index is 2.29. The molecule has 0 aliphatic heterocycles. The summed E-state index contributed by atoms with van der Waals surface area (Å²) < 4.78 is 0. The minimum atomic E-state index is -0.0533. The van der Waals surface area contributed by atoms with Gasteiger partial charge in [0.05, 0.1) is 6.04 Å². The molecule has 0 saturated heterocycles. The van der Waals surface area contributed by atoms with Gasteiger partial charge in [0.1, 0.15) is 5.69 Å². The topological polar surface area (TPSA) is 87.6 Å². The molecule has 0 bridgehead atoms. The summed E-state index contributed by atoms with van der Waals surface area (Å²) in [6, 6.07) is 9.21. The van der Waals surface area contributed by atoms with E-state index in [4.69, 9.17) is 22.5 Å². The van der Waals surface area contributed by atoms with Crippen LogP contribution in [0.2, 0.25) is 5.02 Å². The first-order chi connectivity index (χ1) is 10.0. The summed E-state index contributed by atoms with van der Waals surface area (Å²) in [5.41, 5.74) is 6.96. The first-order valence-electron chi connectivity index (χ1n) is 6.32. The first-order valence-corrected chi connectivity index (χ1v) is 6.70. The molecule has 1 aromatic carbocycles. The monoisotopic (exact) mass is 305 g/mol. The summed E-state index contributed by atoms with van der Waals surface area (Å²) in [6.45, 7) is 2.02. The van der Waals surface area contributed by atoms with Crippen molar-refractivity contribution in [1.82, 2.24) is 9.97 Å². The number of oxime groups is 1. The average molecular weight is 306 g/mol. The lowest BCUT2D eigenvalue weighted by molar-refractivity contribution is 0.318. The second kappa shape index (κ2) is 6.41. The lowest BCUT2D eigenvalue weighted by Crippen LogP contribution is -2.25. The van der Waals surface area contributed by atoms with E-state index < -0.39 is 0 Å². The molecule has 1 aromatic heterocycles. The van der Waals surface area contributed by atoms with Crippen LogP contribution in [0.3, 0.4) is 0 Å². The second-order valence-corrected chi connectivity index (χ2v) is 5.01. The van der Waals surface area contributed by atoms with Crippen molar-refractivity contribution in [3.63, 3.8) is 0 Å². The average Bonchev–Trinajstić information content (AvgIpc) is 2.52. The Hall–Kier alpha value is -2.34. The van der Waals surface area contributed by atoms with Crippen molar-refractivity contribution >= 4 is 23.4 Å². The number of amidine groups is 1. The number of nitrogens with zero attached hydrogens (tertiary/aromatic N) is 4. The molecular weight excluding hydrogens is 290 g/mol. The van der Waals surface area contributed by atoms with E-state index in [2.05, 4.69) is 15.1 Å². The van der Waals surface area contributed by atoms with Crippen LogP contribution in [-0.2, 0) is 0 Å². The Labute approximate surface area is 127 Å². The molecule has 6 nitrogen and oxygen atoms in total. The van der Waals surface area contributed by atoms with Crippen LogP contribution in [0.5, 0.6) is 0 Å². The summed E-state index contributed by atoms with van der Waals surface area (Å²) in [6.07, 6.45) is 1.57. The third-order valence-electron chi connectivity index (χ3n) is 3.24. The Bertz CT molecular complexity index is 661. The van der Waals surface area contributed by atoms with Gasteiger partial charge in [-0.3, -0.25) is 0 Å². The molecule has 1 atom stereocenters. The molecule has 0 aliphatic carbocycles. The lowest BCUT2D eigenvalue weighted by Gasteiger charge is -2.25. The maximum Gasteiger partial charge on any atom is 0.226 e. The molecule has 2 rings (SSSR count). The van der Waals surface area contributed by atoms with Gasteiger partial charge in [-0.25, -0.2) is 9.97 Å². The zero-order valence-electron chi connectivity index (χ0n) is 11.7. The minimum absolute atomic E-state index is 0.0197. The van der Waals surface area contributed by atoms with Crippen molar-refractivity contribution in [2.75, 3.05) is 11.9 Å². The highest BCUT2D eigenvalue weighted by molar-refractivity contribution is 6.30. The van der Waals surface area contributed by atoms with Crippen molar-refractivity contribution in [2.45, 2.75) is 13.0 Å². The number of halogens is 1. The van der Waals surface area contributed by atoms with Crippen molar-refractivity contribution in [2.24, 2.45) is 10.9 Å². The third-order valence-corrected chi connectivity index (χ3v) is 3.48. The van der Waals surface area contributed by atoms with Crippen LogP contribution in [-0.4, -0.2) is 28.1 Å². The molecule has 2 aromatic rings. The van der Waals surface area contributed by atoms with Gasteiger partial charge in [0.15, 0.2) is 5.84 Å². The summed E-state index contributed by atoms with van der Waals surface area (Å²) in [5.74, 6) is 0.425. The van der Waals surface area contributed by atoms with Gasteiger partial charge in [0.2, 0.25) is 5.95 Å². The van der Waals surface area contributed by atoms with Crippen molar-refractivity contribution < 1.29 is 5.21 Å². The van der Waals surface area contributed by atoms with Crippen molar-refractivity contribution in [1.29, 1.82) is 0 Å². The fourth-order valence-electron chi connectivity index (χ4n) is 1.88. The lowest BCUT2D eigenvalue weighted by atomic mass is 10.1. The fourth-order valence-corrected chi connectivity index (χ4v) is 2.07. The minimum Gasteiger partial charge on any atom is -0.409 e. The van der Waals surface area contributed by atoms with E-state index in [-0.39, 0.29) is 11.9 Å². The van der Waals surface area contributed by atoms with E-state index in [0.717, 1.165) is 5.56 Å². The molecule has 1 unspecified atom stereocenters. The SMILES string of the molecule is CC(c1cccc(Cl)c1)N(C)c1nccc(/C(N)=N/O)n1. The predicted octanol–water partition coefficient (Wildman–Crippen LogP) is 2.42. The van der Waals surface area contributed by atoms with Crippen LogP contribution in [0.1, 0.15) is 24.2 Å². The van der Waals surface area contributed by atoms with Crippen LogP contribution in [0.25, 0.3) is 0 Å². The molecule has 3 N–H and O–H groups in total. The maximum absolute atomic E-state index is 8.71. The van der Waals surface area contributed by atoms with Crippen LogP contribution < -0.4 is 10.6 Å². The molecule has 0 saturated carbocycles. The van der Waals surface area contributed by atoms with Crippen molar-refractivity contribution in [3.05, 3.63) is 52.8 Å². The maximum atomic E-state index is 8.71. The molecule has 0 radical (unpaired) electrons. The van der Waals surface area contributed by atoms with E-state index in [1.807, 2.05) is 43.1 Å². The number of rotatable bonds is 4. The van der Waals surface area contributed by atoms with Gasteiger partial charge in [0.25, 0.3) is 0 Å². The number of nitrogens with two attached hydrogens (primary N) is 1. The molecule has 110 valence electrons. The van der Waals surface area contributed by atoms with Gasteiger partial charge in [-0.1, -0.05) is 28.9 Å². The summed E-state index contributed by atoms with van der Waals surface area (Å²) in [7, 11) is 1.87. The molecule has 21 heavy (non-hydrogen) atoms. The second-order valence-electron chi connectivity index (χ2n) is 4.57. The van der Waals surface area contributed by atoms with Gasteiger partial charge in [-0.15, -0.1) is 0 Å². The van der Waals surface area contributed by atoms with Gasteiger partial charge < -0.3 is 15.8 Å². The zero-order valence-corrected chi connectivity index (χ0v) is 12.5. The Morgan fingerprint density at radius 3 is 2.86 bits per heavy atom. The van der Waals surface area contributed by atoms with E-state index in [1.54, 1.807) is 12.3 Å². The summed E-state index contributed by atoms with van der Waals surface area (Å²) in [4.78, 5) is 10.4. The number of anilines is 1. The van der Waals surface area contributed by atoms with Crippen LogP contribution in [0, 0.1) is 0 Å². The van der Waals surface area contributed by atoms with E-state index in [9.17, 15) is 0 Å². The number of benzene rings is 1. The van der Waals surface area contributed by atoms with Crippen LogP contribution >= 0.6 is 11.6 Å². The predicted molar refractivity (Wildman–Crippen MR) is 82.8 cm³/mol. The van der Waals surface area contributed by atoms with E-state index in [0.29, 0.717) is 16.7 Å². The highest BCUT2D eigenvalue weighted by Crippen LogP contribution is 2.24. The Morgan fingerprint density at radius 2 is 2.19 bits per heavy atom. The van der Waals surface area contributed by atoms with E-state index >= 15 is 0 Å². The molecular formula is C14H16ClN5O. The Kier molecular flexibility index (Phi) is 4.59. The van der Waals surface area contributed by atoms with Gasteiger partial charge >= 0.3 is 0 Å². The zero-order chi connectivity index (χ0) is 15.4. The summed E-state index contributed by atoms with van der Waals surface area (Å²) >= 11 is 6.02. The van der Waals surface area contributed by atoms with Crippen LogP contribution in [0.15, 0.2) is 41.7 Å². The number of hydrogen-bond acceptors (Lipinski definition) is 5. The molecule has 0 amide bonds. The smallest absolute Gasteiger partial charge is 0.226 e. The highest BCUT2D eigenvalue weighted by Gasteiger charge is 2.16. The summed E-state index contributed by atoms with van der Waals surface area (Å²) in [5, 5.41) is 12.3.